The molecule has 0 aromatic heterocycles. The molecule has 0 spiro atoms. The van der Waals surface area contributed by atoms with Crippen LogP contribution in [0.4, 0.5) is 23.2 Å². The number of hydrogen-bond donors (Lipinski definition) is 0. The summed E-state index contributed by atoms with van der Waals surface area (Å²) < 4.78 is 78.8. The molecule has 1 aliphatic rings. The first-order valence-electron chi connectivity index (χ1n) is 7.86. The Morgan fingerprint density at radius 2 is 1.42 bits per heavy atom. The fourth-order valence-corrected chi connectivity index (χ4v) is 4.34. The lowest BCUT2D eigenvalue weighted by Gasteiger charge is -2.36. The van der Waals surface area contributed by atoms with Crippen molar-refractivity contribution in [3.63, 3.8) is 0 Å². The molecule has 2 aromatic carbocycles. The first-order valence-corrected chi connectivity index (χ1v) is 9.30. The average molecular weight is 388 g/mol. The van der Waals surface area contributed by atoms with Crippen molar-refractivity contribution in [3.8, 4) is 0 Å². The zero-order chi connectivity index (χ0) is 18.9. The van der Waals surface area contributed by atoms with E-state index >= 15 is 0 Å². The van der Waals surface area contributed by atoms with Gasteiger partial charge in [-0.1, -0.05) is 12.1 Å². The molecule has 0 bridgehead atoms. The summed E-state index contributed by atoms with van der Waals surface area (Å²) in [7, 11) is -3.81. The quantitative estimate of drug-likeness (QED) is 0.758. The van der Waals surface area contributed by atoms with Gasteiger partial charge in [-0.2, -0.15) is 17.5 Å². The molecule has 140 valence electrons. The summed E-state index contributed by atoms with van der Waals surface area (Å²) in [5.41, 5.74) is -0.700. The molecule has 4 nitrogen and oxygen atoms in total. The minimum Gasteiger partial charge on any atom is -0.368 e. The van der Waals surface area contributed by atoms with Gasteiger partial charge < -0.3 is 4.90 Å². The van der Waals surface area contributed by atoms with Crippen molar-refractivity contribution in [2.45, 2.75) is 11.1 Å². The van der Waals surface area contributed by atoms with Gasteiger partial charge in [0, 0.05) is 31.9 Å². The third-order valence-corrected chi connectivity index (χ3v) is 6.15. The number of nitrogens with zero attached hydrogens (tertiary/aromatic N) is 2. The van der Waals surface area contributed by atoms with Crippen molar-refractivity contribution in [2.75, 3.05) is 31.1 Å². The maximum Gasteiger partial charge on any atom is 0.418 e. The molecule has 0 amide bonds. The second-order valence-corrected chi connectivity index (χ2v) is 7.80. The SMILES string of the molecule is O=S(=O)(c1ccc(F)cc1)N1CCN(c2ccccc2C(F)(F)F)CC1. The highest BCUT2D eigenvalue weighted by molar-refractivity contribution is 7.89. The van der Waals surface area contributed by atoms with Crippen LogP contribution in [0, 0.1) is 5.82 Å². The Bertz CT molecular complexity index is 874. The molecule has 0 unspecified atom stereocenters. The number of piperazine rings is 1. The second kappa shape index (κ2) is 6.88. The minimum atomic E-state index is -4.48. The third kappa shape index (κ3) is 3.68. The summed E-state index contributed by atoms with van der Waals surface area (Å²) in [6.07, 6.45) is -4.48. The molecule has 0 saturated carbocycles. The van der Waals surface area contributed by atoms with Crippen LogP contribution >= 0.6 is 0 Å². The van der Waals surface area contributed by atoms with E-state index in [-0.39, 0.29) is 36.8 Å². The largest absolute Gasteiger partial charge is 0.418 e. The Balaban J connectivity index is 1.77. The van der Waals surface area contributed by atoms with E-state index in [4.69, 9.17) is 0 Å². The van der Waals surface area contributed by atoms with Gasteiger partial charge in [-0.25, -0.2) is 12.8 Å². The Labute approximate surface area is 148 Å². The maximum absolute atomic E-state index is 13.2. The molecule has 0 N–H and O–H groups in total. The van der Waals surface area contributed by atoms with Crippen molar-refractivity contribution in [2.24, 2.45) is 0 Å². The molecular formula is C17H16F4N2O2S. The van der Waals surface area contributed by atoms with E-state index in [0.717, 1.165) is 18.2 Å². The molecule has 1 aliphatic heterocycles. The van der Waals surface area contributed by atoms with E-state index in [1.807, 2.05) is 0 Å². The lowest BCUT2D eigenvalue weighted by molar-refractivity contribution is -0.137. The molecule has 1 saturated heterocycles. The highest BCUT2D eigenvalue weighted by Crippen LogP contribution is 2.36. The molecule has 3 rings (SSSR count). The average Bonchev–Trinajstić information content (AvgIpc) is 2.61. The third-order valence-electron chi connectivity index (χ3n) is 4.24. The highest BCUT2D eigenvalue weighted by atomic mass is 32.2. The zero-order valence-corrected chi connectivity index (χ0v) is 14.4. The number of para-hydroxylation sites is 1. The number of sulfonamides is 1. The van der Waals surface area contributed by atoms with Crippen molar-refractivity contribution in [3.05, 3.63) is 59.9 Å². The minimum absolute atomic E-state index is 0.0389. The molecule has 0 aliphatic carbocycles. The Hall–Kier alpha value is -2.13. The fraction of sp³-hybridized carbons (Fsp3) is 0.294. The van der Waals surface area contributed by atoms with Crippen LogP contribution in [0.15, 0.2) is 53.4 Å². The molecule has 1 heterocycles. The maximum atomic E-state index is 13.2. The summed E-state index contributed by atoms with van der Waals surface area (Å²) in [5.74, 6) is -0.544. The predicted octanol–water partition coefficient (Wildman–Crippen LogP) is 3.36. The van der Waals surface area contributed by atoms with Crippen molar-refractivity contribution in [1.82, 2.24) is 4.31 Å². The van der Waals surface area contributed by atoms with Gasteiger partial charge in [0.15, 0.2) is 0 Å². The van der Waals surface area contributed by atoms with Crippen LogP contribution in [0.1, 0.15) is 5.56 Å². The molecule has 2 aromatic rings. The number of benzene rings is 2. The first kappa shape index (κ1) is 18.7. The van der Waals surface area contributed by atoms with Gasteiger partial charge in [-0.3, -0.25) is 0 Å². The van der Waals surface area contributed by atoms with Crippen molar-refractivity contribution < 1.29 is 26.0 Å². The van der Waals surface area contributed by atoms with Gasteiger partial charge >= 0.3 is 6.18 Å². The molecule has 0 radical (unpaired) electrons. The van der Waals surface area contributed by atoms with E-state index in [2.05, 4.69) is 0 Å². The van der Waals surface area contributed by atoms with E-state index in [1.165, 1.54) is 39.5 Å². The Kier molecular flexibility index (Phi) is 4.94. The highest BCUT2D eigenvalue weighted by Gasteiger charge is 2.36. The van der Waals surface area contributed by atoms with Crippen LogP contribution in [-0.4, -0.2) is 38.9 Å². The van der Waals surface area contributed by atoms with Crippen molar-refractivity contribution in [1.29, 1.82) is 0 Å². The Morgan fingerprint density at radius 3 is 2.00 bits per heavy atom. The smallest absolute Gasteiger partial charge is 0.368 e. The summed E-state index contributed by atoms with van der Waals surface area (Å²) in [5, 5.41) is 0. The predicted molar refractivity (Wildman–Crippen MR) is 88.8 cm³/mol. The van der Waals surface area contributed by atoms with Crippen LogP contribution < -0.4 is 4.90 Å². The molecular weight excluding hydrogens is 372 g/mol. The number of halogens is 4. The standard InChI is InChI=1S/C17H16F4N2O2S/c18-13-5-7-14(8-6-13)26(24,25)23-11-9-22(10-12-23)16-4-2-1-3-15(16)17(19,20)21/h1-8H,9-12H2. The molecule has 26 heavy (non-hydrogen) atoms. The fourth-order valence-electron chi connectivity index (χ4n) is 2.91. The first-order chi connectivity index (χ1) is 12.2. The lowest BCUT2D eigenvalue weighted by atomic mass is 10.1. The zero-order valence-electron chi connectivity index (χ0n) is 13.6. The lowest BCUT2D eigenvalue weighted by Crippen LogP contribution is -2.49. The summed E-state index contributed by atoms with van der Waals surface area (Å²) in [4.78, 5) is 1.49. The summed E-state index contributed by atoms with van der Waals surface area (Å²) in [6, 6.07) is 9.70. The normalized spacial score (nSPS) is 16.7. The Morgan fingerprint density at radius 1 is 0.846 bits per heavy atom. The number of hydrogen-bond acceptors (Lipinski definition) is 3. The number of rotatable bonds is 3. The molecule has 9 heteroatoms. The van der Waals surface area contributed by atoms with E-state index in [9.17, 15) is 26.0 Å². The number of alkyl halides is 3. The topological polar surface area (TPSA) is 40.6 Å². The van der Waals surface area contributed by atoms with E-state index in [1.54, 1.807) is 0 Å². The van der Waals surface area contributed by atoms with Gasteiger partial charge in [0.25, 0.3) is 0 Å². The second-order valence-electron chi connectivity index (χ2n) is 5.86. The molecule has 1 fully saturated rings. The van der Waals surface area contributed by atoms with Gasteiger partial charge in [0.2, 0.25) is 10.0 Å². The molecule has 0 atom stereocenters. The van der Waals surface area contributed by atoms with Crippen LogP contribution in [-0.2, 0) is 16.2 Å². The van der Waals surface area contributed by atoms with Gasteiger partial charge in [-0.15, -0.1) is 0 Å². The van der Waals surface area contributed by atoms with E-state index < -0.39 is 27.6 Å². The van der Waals surface area contributed by atoms with Gasteiger partial charge in [-0.05, 0) is 36.4 Å². The van der Waals surface area contributed by atoms with Gasteiger partial charge in [0.05, 0.1) is 10.5 Å². The van der Waals surface area contributed by atoms with Crippen LogP contribution in [0.3, 0.4) is 0 Å². The number of anilines is 1. The van der Waals surface area contributed by atoms with E-state index in [0.29, 0.717) is 0 Å². The van der Waals surface area contributed by atoms with Crippen molar-refractivity contribution >= 4 is 15.7 Å². The van der Waals surface area contributed by atoms with Crippen LogP contribution in [0.2, 0.25) is 0 Å². The summed E-state index contributed by atoms with van der Waals surface area (Å²) in [6.45, 7) is 0.360. The van der Waals surface area contributed by atoms with Crippen LogP contribution in [0.5, 0.6) is 0 Å². The van der Waals surface area contributed by atoms with Crippen LogP contribution in [0.25, 0.3) is 0 Å². The van der Waals surface area contributed by atoms with Gasteiger partial charge in [0.1, 0.15) is 5.82 Å². The monoisotopic (exact) mass is 388 g/mol. The summed E-state index contributed by atoms with van der Waals surface area (Å²) >= 11 is 0.